The van der Waals surface area contributed by atoms with E-state index in [-0.39, 0.29) is 11.5 Å². The second-order valence-electron chi connectivity index (χ2n) is 10.1. The summed E-state index contributed by atoms with van der Waals surface area (Å²) < 4.78 is 15.9. The first-order valence-electron chi connectivity index (χ1n) is 14.2. The van der Waals surface area contributed by atoms with Gasteiger partial charge in [-0.05, 0) is 48.4 Å². The van der Waals surface area contributed by atoms with Crippen molar-refractivity contribution in [3.8, 4) is 22.6 Å². The van der Waals surface area contributed by atoms with Crippen LogP contribution in [-0.4, -0.2) is 39.1 Å². The summed E-state index contributed by atoms with van der Waals surface area (Å²) in [4.78, 5) is 41.0. The van der Waals surface area contributed by atoms with Gasteiger partial charge in [-0.2, -0.15) is 0 Å². The van der Waals surface area contributed by atoms with Gasteiger partial charge >= 0.3 is 5.97 Å². The molecule has 5 rings (SSSR count). The zero-order valence-electron chi connectivity index (χ0n) is 25.7. The summed E-state index contributed by atoms with van der Waals surface area (Å²) in [5.74, 6) is -0.480. The van der Waals surface area contributed by atoms with Gasteiger partial charge in [0.1, 0.15) is 32.9 Å². The molecular weight excluding hydrogens is 621 g/mol. The van der Waals surface area contributed by atoms with E-state index in [4.69, 9.17) is 14.2 Å². The van der Waals surface area contributed by atoms with Gasteiger partial charge in [-0.15, -0.1) is 23.1 Å². The second kappa shape index (κ2) is 14.8. The minimum Gasteiger partial charge on any atom is -0.496 e. The predicted molar refractivity (Wildman–Crippen MR) is 183 cm³/mol. The highest BCUT2D eigenvalue weighted by Gasteiger charge is 2.27. The molecule has 0 bridgehead atoms. The number of anilines is 2. The van der Waals surface area contributed by atoms with Crippen LogP contribution < -0.4 is 20.1 Å². The molecule has 46 heavy (non-hydrogen) atoms. The molecule has 1 aromatic heterocycles. The number of methoxy groups -OCH3 is 3. The number of rotatable bonds is 11. The quantitative estimate of drug-likeness (QED) is 0.109. The predicted octanol–water partition coefficient (Wildman–Crippen LogP) is 8.25. The van der Waals surface area contributed by atoms with Gasteiger partial charge in [0.15, 0.2) is 0 Å². The Morgan fingerprint density at radius 2 is 1.43 bits per heavy atom. The highest BCUT2D eigenvalue weighted by Crippen LogP contribution is 2.41. The van der Waals surface area contributed by atoms with Gasteiger partial charge < -0.3 is 24.8 Å². The fraction of sp³-hybridized carbons (Fsp3) is 0.139. The van der Waals surface area contributed by atoms with Crippen LogP contribution in [0.5, 0.6) is 11.5 Å². The summed E-state index contributed by atoms with van der Waals surface area (Å²) in [6.07, 6.45) is 0. The van der Waals surface area contributed by atoms with Gasteiger partial charge in [0.05, 0.1) is 21.3 Å². The van der Waals surface area contributed by atoms with E-state index in [2.05, 4.69) is 10.6 Å². The second-order valence-corrected chi connectivity index (χ2v) is 12.2. The lowest BCUT2D eigenvalue weighted by molar-refractivity contribution is -0.115. The molecule has 0 spiro atoms. The Bertz CT molecular complexity index is 1830. The molecule has 0 saturated heterocycles. The van der Waals surface area contributed by atoms with Crippen LogP contribution in [0.1, 0.15) is 37.1 Å². The maximum atomic E-state index is 14.0. The number of benzene rings is 4. The van der Waals surface area contributed by atoms with Crippen LogP contribution in [0.4, 0.5) is 10.7 Å². The van der Waals surface area contributed by atoms with Crippen LogP contribution in [0, 0.1) is 6.92 Å². The number of thiophene rings is 1. The summed E-state index contributed by atoms with van der Waals surface area (Å²) >= 11 is 2.59. The Balaban J connectivity index is 1.42. The van der Waals surface area contributed by atoms with E-state index in [1.165, 1.54) is 44.4 Å². The Labute approximate surface area is 275 Å². The first-order valence-corrected chi connectivity index (χ1v) is 16.0. The maximum Gasteiger partial charge on any atom is 0.341 e. The van der Waals surface area contributed by atoms with Gasteiger partial charge in [-0.25, -0.2) is 4.79 Å². The van der Waals surface area contributed by atoms with Crippen molar-refractivity contribution in [2.75, 3.05) is 32.0 Å². The van der Waals surface area contributed by atoms with E-state index in [1.54, 1.807) is 36.4 Å². The third kappa shape index (κ3) is 7.25. The zero-order valence-corrected chi connectivity index (χ0v) is 27.3. The molecule has 0 fully saturated rings. The number of esters is 1. The van der Waals surface area contributed by atoms with E-state index in [0.717, 1.165) is 21.6 Å². The van der Waals surface area contributed by atoms with E-state index < -0.39 is 17.1 Å². The highest BCUT2D eigenvalue weighted by molar-refractivity contribution is 8.00. The Morgan fingerprint density at radius 1 is 0.761 bits per heavy atom. The van der Waals surface area contributed by atoms with E-state index >= 15 is 0 Å². The lowest BCUT2D eigenvalue weighted by Crippen LogP contribution is -2.20. The van der Waals surface area contributed by atoms with Gasteiger partial charge in [-0.1, -0.05) is 72.3 Å². The van der Waals surface area contributed by atoms with Crippen molar-refractivity contribution in [1.82, 2.24) is 0 Å². The number of hydrogen-bond acceptors (Lipinski definition) is 8. The number of carbonyl (C=O) groups excluding carboxylic acids is 3. The first kappa shape index (κ1) is 32.3. The molecule has 1 unspecified atom stereocenters. The number of nitrogens with one attached hydrogen (secondary N) is 2. The van der Waals surface area contributed by atoms with Gasteiger partial charge in [0.2, 0.25) is 5.91 Å². The third-order valence-electron chi connectivity index (χ3n) is 7.12. The van der Waals surface area contributed by atoms with Gasteiger partial charge in [0.25, 0.3) is 5.91 Å². The van der Waals surface area contributed by atoms with Crippen molar-refractivity contribution >= 4 is 51.6 Å². The first-order chi connectivity index (χ1) is 22.3. The van der Waals surface area contributed by atoms with Crippen LogP contribution >= 0.6 is 23.1 Å². The number of thioether (sulfide) groups is 1. The lowest BCUT2D eigenvalue weighted by Gasteiger charge is -2.18. The van der Waals surface area contributed by atoms with Crippen molar-refractivity contribution < 1.29 is 28.6 Å². The minimum absolute atomic E-state index is 0.273. The van der Waals surface area contributed by atoms with Crippen LogP contribution in [0.2, 0.25) is 0 Å². The third-order valence-corrected chi connectivity index (χ3v) is 9.26. The standard InChI is InChI=1S/C36H32N2O6S2/c1-22-16-18-23(19-17-22)27-21-45-35(30(27)36(41)44-4)38-34(40)32(24-10-6-5-7-11-24)46-26-13-8-12-25(20-26)37-33(39)31-28(42-2)14-9-15-29(31)43-3/h5-21,32H,1-4H3,(H,37,39)(H,38,40). The number of carbonyl (C=O) groups is 3. The average Bonchev–Trinajstić information content (AvgIpc) is 3.50. The fourth-order valence-corrected chi connectivity index (χ4v) is 6.87. The minimum atomic E-state index is -0.683. The van der Waals surface area contributed by atoms with Crippen molar-refractivity contribution in [3.63, 3.8) is 0 Å². The van der Waals surface area contributed by atoms with Crippen LogP contribution in [0.15, 0.2) is 107 Å². The van der Waals surface area contributed by atoms with E-state index in [0.29, 0.717) is 33.3 Å². The van der Waals surface area contributed by atoms with Gasteiger partial charge in [-0.3, -0.25) is 9.59 Å². The molecule has 1 heterocycles. The summed E-state index contributed by atoms with van der Waals surface area (Å²) in [5.41, 5.74) is 4.51. The Morgan fingerprint density at radius 3 is 2.09 bits per heavy atom. The average molecular weight is 653 g/mol. The molecule has 0 aliphatic heterocycles. The smallest absolute Gasteiger partial charge is 0.341 e. The summed E-state index contributed by atoms with van der Waals surface area (Å²) in [6, 6.07) is 29.6. The normalized spacial score (nSPS) is 11.3. The highest BCUT2D eigenvalue weighted by atomic mass is 32.2. The van der Waals surface area contributed by atoms with E-state index in [1.807, 2.05) is 73.0 Å². The molecular formula is C36H32N2O6S2. The summed E-state index contributed by atoms with van der Waals surface area (Å²) in [6.45, 7) is 1.99. The molecule has 2 amide bonds. The molecule has 1 atom stereocenters. The lowest BCUT2D eigenvalue weighted by atomic mass is 10.0. The molecule has 8 nitrogen and oxygen atoms in total. The molecule has 0 aliphatic rings. The van der Waals surface area contributed by atoms with Crippen LogP contribution in [-0.2, 0) is 9.53 Å². The monoisotopic (exact) mass is 652 g/mol. The molecule has 5 aromatic rings. The van der Waals surface area contributed by atoms with Crippen molar-refractivity contribution in [3.05, 3.63) is 125 Å². The fourth-order valence-electron chi connectivity index (χ4n) is 4.83. The number of ether oxygens (including phenoxy) is 3. The Hall–Kier alpha value is -5.06. The van der Waals surface area contributed by atoms with E-state index in [9.17, 15) is 14.4 Å². The largest absolute Gasteiger partial charge is 0.496 e. The number of amides is 2. The van der Waals surface area contributed by atoms with Crippen molar-refractivity contribution in [2.45, 2.75) is 17.1 Å². The van der Waals surface area contributed by atoms with Crippen LogP contribution in [0.25, 0.3) is 11.1 Å². The molecule has 0 radical (unpaired) electrons. The summed E-state index contributed by atoms with van der Waals surface area (Å²) in [5, 5.41) is 7.48. The summed E-state index contributed by atoms with van der Waals surface area (Å²) in [7, 11) is 4.30. The zero-order chi connectivity index (χ0) is 32.6. The molecule has 4 aromatic carbocycles. The molecule has 0 aliphatic carbocycles. The molecule has 234 valence electrons. The molecule has 0 saturated carbocycles. The molecule has 2 N–H and O–H groups in total. The van der Waals surface area contributed by atoms with Gasteiger partial charge in [0, 0.05) is 21.5 Å². The van der Waals surface area contributed by atoms with Crippen molar-refractivity contribution in [2.24, 2.45) is 0 Å². The SMILES string of the molecule is COC(=O)c1c(-c2ccc(C)cc2)csc1NC(=O)C(Sc1cccc(NC(=O)c2c(OC)cccc2OC)c1)c1ccccc1. The molecule has 10 heteroatoms. The maximum absolute atomic E-state index is 14.0. The Kier molecular flexibility index (Phi) is 10.4. The number of aryl methyl sites for hydroxylation is 1. The topological polar surface area (TPSA) is 103 Å². The van der Waals surface area contributed by atoms with Crippen molar-refractivity contribution in [1.29, 1.82) is 0 Å². The number of hydrogen-bond donors (Lipinski definition) is 2. The van der Waals surface area contributed by atoms with Crippen LogP contribution in [0.3, 0.4) is 0 Å².